The van der Waals surface area contributed by atoms with Crippen LogP contribution in [0.25, 0.3) is 12.2 Å². The van der Waals surface area contributed by atoms with Gasteiger partial charge in [0.15, 0.2) is 5.78 Å². The van der Waals surface area contributed by atoms with Crippen molar-refractivity contribution < 1.29 is 14.3 Å². The lowest BCUT2D eigenvalue weighted by Gasteiger charge is -2.17. The van der Waals surface area contributed by atoms with Crippen LogP contribution >= 0.6 is 11.3 Å². The SMILES string of the molecule is CC(=O)/C=C/c1csc(/C=C/C(=O)OC(C)(C)C)c1. The summed E-state index contributed by atoms with van der Waals surface area (Å²) in [7, 11) is 0. The van der Waals surface area contributed by atoms with Crippen LogP contribution in [0.2, 0.25) is 0 Å². The monoisotopic (exact) mass is 278 g/mol. The molecule has 1 aromatic heterocycles. The molecule has 0 saturated carbocycles. The lowest BCUT2D eigenvalue weighted by Crippen LogP contribution is -2.22. The first kappa shape index (κ1) is 15.4. The van der Waals surface area contributed by atoms with Gasteiger partial charge in [0.05, 0.1) is 0 Å². The molecule has 0 aliphatic carbocycles. The molecule has 0 aliphatic rings. The molecule has 102 valence electrons. The van der Waals surface area contributed by atoms with Crippen LogP contribution in [0.4, 0.5) is 0 Å². The minimum absolute atomic E-state index is 0.0112. The zero-order chi connectivity index (χ0) is 14.5. The Morgan fingerprint density at radius 2 is 1.89 bits per heavy atom. The normalized spacial score (nSPS) is 12.2. The van der Waals surface area contributed by atoms with E-state index >= 15 is 0 Å². The van der Waals surface area contributed by atoms with Crippen LogP contribution in [-0.4, -0.2) is 17.4 Å². The maximum Gasteiger partial charge on any atom is 0.331 e. The molecule has 4 heteroatoms. The van der Waals surface area contributed by atoms with Crippen LogP contribution in [0.1, 0.15) is 38.1 Å². The summed E-state index contributed by atoms with van der Waals surface area (Å²) in [5.74, 6) is -0.348. The van der Waals surface area contributed by atoms with Crippen molar-refractivity contribution in [2.24, 2.45) is 0 Å². The summed E-state index contributed by atoms with van der Waals surface area (Å²) in [5, 5.41) is 1.92. The molecule has 0 saturated heterocycles. The van der Waals surface area contributed by atoms with Crippen molar-refractivity contribution in [2.45, 2.75) is 33.3 Å². The van der Waals surface area contributed by atoms with Gasteiger partial charge >= 0.3 is 5.97 Å². The number of hydrogen-bond donors (Lipinski definition) is 0. The van der Waals surface area contributed by atoms with Crippen molar-refractivity contribution in [2.75, 3.05) is 0 Å². The summed E-state index contributed by atoms with van der Waals surface area (Å²) in [5.41, 5.74) is 0.468. The average Bonchev–Trinajstić information content (AvgIpc) is 2.69. The Morgan fingerprint density at radius 1 is 1.21 bits per heavy atom. The third-order valence-electron chi connectivity index (χ3n) is 1.94. The fourth-order valence-corrected chi connectivity index (χ4v) is 2.01. The van der Waals surface area contributed by atoms with E-state index in [4.69, 9.17) is 4.74 Å². The Hall–Kier alpha value is -1.68. The van der Waals surface area contributed by atoms with Crippen molar-refractivity contribution in [3.8, 4) is 0 Å². The molecule has 0 bridgehead atoms. The van der Waals surface area contributed by atoms with Gasteiger partial charge < -0.3 is 4.74 Å². The van der Waals surface area contributed by atoms with E-state index in [0.717, 1.165) is 10.4 Å². The smallest absolute Gasteiger partial charge is 0.331 e. The second-order valence-corrected chi connectivity index (χ2v) is 6.04. The first-order valence-corrected chi connectivity index (χ1v) is 6.82. The van der Waals surface area contributed by atoms with Gasteiger partial charge in [-0.05, 0) is 56.9 Å². The summed E-state index contributed by atoms with van der Waals surface area (Å²) >= 11 is 1.50. The van der Waals surface area contributed by atoms with Crippen molar-refractivity contribution >= 4 is 35.2 Å². The van der Waals surface area contributed by atoms with Gasteiger partial charge in [0, 0.05) is 11.0 Å². The van der Waals surface area contributed by atoms with Crippen LogP contribution in [0, 0.1) is 0 Å². The predicted molar refractivity (Wildman–Crippen MR) is 78.9 cm³/mol. The number of hydrogen-bond acceptors (Lipinski definition) is 4. The molecule has 0 radical (unpaired) electrons. The molecule has 0 atom stereocenters. The fraction of sp³-hybridized carbons (Fsp3) is 0.333. The van der Waals surface area contributed by atoms with E-state index in [1.165, 1.54) is 30.4 Å². The van der Waals surface area contributed by atoms with Crippen LogP contribution in [-0.2, 0) is 14.3 Å². The second-order valence-electron chi connectivity index (χ2n) is 5.09. The Balaban J connectivity index is 2.63. The lowest BCUT2D eigenvalue weighted by molar-refractivity contribution is -0.148. The highest BCUT2D eigenvalue weighted by Crippen LogP contribution is 2.18. The molecule has 0 spiro atoms. The van der Waals surface area contributed by atoms with Gasteiger partial charge in [0.2, 0.25) is 0 Å². The number of carbonyl (C=O) groups excluding carboxylic acids is 2. The van der Waals surface area contributed by atoms with E-state index in [-0.39, 0.29) is 11.8 Å². The molecule has 1 heterocycles. The molecule has 0 unspecified atom stereocenters. The van der Waals surface area contributed by atoms with Crippen LogP contribution in [0.5, 0.6) is 0 Å². The molecule has 1 aromatic rings. The average molecular weight is 278 g/mol. The Bertz CT molecular complexity index is 516. The quantitative estimate of drug-likeness (QED) is 0.623. The van der Waals surface area contributed by atoms with Gasteiger partial charge in [0.25, 0.3) is 0 Å². The fourth-order valence-electron chi connectivity index (χ4n) is 1.24. The summed E-state index contributed by atoms with van der Waals surface area (Å²) in [6.07, 6.45) is 6.40. The van der Waals surface area contributed by atoms with Crippen LogP contribution in [0.3, 0.4) is 0 Å². The molecule has 0 N–H and O–H groups in total. The van der Waals surface area contributed by atoms with E-state index in [2.05, 4.69) is 0 Å². The summed E-state index contributed by atoms with van der Waals surface area (Å²) in [4.78, 5) is 23.2. The van der Waals surface area contributed by atoms with Crippen molar-refractivity contribution in [1.29, 1.82) is 0 Å². The molecule has 0 aliphatic heterocycles. The Kier molecular flexibility index (Phi) is 5.24. The first-order chi connectivity index (χ1) is 8.76. The molecule has 0 fully saturated rings. The highest BCUT2D eigenvalue weighted by Gasteiger charge is 2.13. The highest BCUT2D eigenvalue weighted by atomic mass is 32.1. The van der Waals surface area contributed by atoms with Crippen molar-refractivity contribution in [3.63, 3.8) is 0 Å². The third-order valence-corrected chi connectivity index (χ3v) is 2.86. The standard InChI is InChI=1S/C15H18O3S/c1-11(16)5-6-12-9-13(19-10-12)7-8-14(17)18-15(2,3)4/h5-10H,1-4H3/b6-5+,8-7+. The van der Waals surface area contributed by atoms with Crippen molar-refractivity contribution in [1.82, 2.24) is 0 Å². The largest absolute Gasteiger partial charge is 0.457 e. The molecule has 19 heavy (non-hydrogen) atoms. The lowest BCUT2D eigenvalue weighted by atomic mass is 10.2. The number of rotatable bonds is 4. The van der Waals surface area contributed by atoms with E-state index in [0.29, 0.717) is 0 Å². The first-order valence-electron chi connectivity index (χ1n) is 5.94. The molecular weight excluding hydrogens is 260 g/mol. The van der Waals surface area contributed by atoms with E-state index < -0.39 is 5.60 Å². The Labute approximate surface area is 117 Å². The maximum absolute atomic E-state index is 11.5. The summed E-state index contributed by atoms with van der Waals surface area (Å²) < 4.78 is 5.17. The van der Waals surface area contributed by atoms with Crippen LogP contribution < -0.4 is 0 Å². The minimum atomic E-state index is -0.480. The van der Waals surface area contributed by atoms with E-state index in [1.54, 1.807) is 12.2 Å². The van der Waals surface area contributed by atoms with Gasteiger partial charge in [-0.1, -0.05) is 6.08 Å². The van der Waals surface area contributed by atoms with E-state index in [9.17, 15) is 9.59 Å². The van der Waals surface area contributed by atoms with Gasteiger partial charge in [-0.3, -0.25) is 4.79 Å². The topological polar surface area (TPSA) is 43.4 Å². The third kappa shape index (κ3) is 6.72. The number of ketones is 1. The molecular formula is C15H18O3S. The van der Waals surface area contributed by atoms with Crippen LogP contribution in [0.15, 0.2) is 23.6 Å². The van der Waals surface area contributed by atoms with Gasteiger partial charge in [-0.2, -0.15) is 0 Å². The highest BCUT2D eigenvalue weighted by molar-refractivity contribution is 7.11. The number of thiophene rings is 1. The predicted octanol–water partition coefficient (Wildman–Crippen LogP) is 3.71. The molecule has 3 nitrogen and oxygen atoms in total. The van der Waals surface area contributed by atoms with Crippen molar-refractivity contribution in [3.05, 3.63) is 34.0 Å². The molecule has 0 aromatic carbocycles. The number of esters is 1. The van der Waals surface area contributed by atoms with E-state index in [1.807, 2.05) is 32.2 Å². The maximum atomic E-state index is 11.5. The van der Waals surface area contributed by atoms with Gasteiger partial charge in [0.1, 0.15) is 5.60 Å². The minimum Gasteiger partial charge on any atom is -0.457 e. The number of ether oxygens (including phenoxy) is 1. The number of carbonyl (C=O) groups is 2. The second kappa shape index (κ2) is 6.48. The zero-order valence-electron chi connectivity index (χ0n) is 11.6. The summed E-state index contributed by atoms with van der Waals surface area (Å²) in [6, 6.07) is 1.91. The van der Waals surface area contributed by atoms with Gasteiger partial charge in [-0.25, -0.2) is 4.79 Å². The molecule has 0 amide bonds. The number of allylic oxidation sites excluding steroid dienone is 1. The zero-order valence-corrected chi connectivity index (χ0v) is 12.4. The van der Waals surface area contributed by atoms with Gasteiger partial charge in [-0.15, -0.1) is 11.3 Å². The Morgan fingerprint density at radius 3 is 2.47 bits per heavy atom. The summed E-state index contributed by atoms with van der Waals surface area (Å²) in [6.45, 7) is 6.99. The molecule has 1 rings (SSSR count).